The Labute approximate surface area is 125 Å². The van der Waals surface area contributed by atoms with E-state index in [1.807, 2.05) is 31.2 Å². The highest BCUT2D eigenvalue weighted by molar-refractivity contribution is 9.10. The van der Waals surface area contributed by atoms with E-state index in [0.29, 0.717) is 0 Å². The van der Waals surface area contributed by atoms with E-state index in [0.717, 1.165) is 26.4 Å². The van der Waals surface area contributed by atoms with Crippen LogP contribution in [0.15, 0.2) is 39.1 Å². The Morgan fingerprint density at radius 3 is 2.74 bits per heavy atom. The summed E-state index contributed by atoms with van der Waals surface area (Å²) in [5, 5.41) is 0.732. The van der Waals surface area contributed by atoms with Crippen LogP contribution in [0.25, 0.3) is 0 Å². The highest BCUT2D eigenvalue weighted by Gasteiger charge is 2.20. The summed E-state index contributed by atoms with van der Waals surface area (Å²) in [5.74, 6) is 0. The van der Waals surface area contributed by atoms with Gasteiger partial charge in [-0.2, -0.15) is 0 Å². The number of halogens is 1. The van der Waals surface area contributed by atoms with Crippen LogP contribution in [0.4, 0.5) is 0 Å². The standard InChI is InChI=1S/C12H13BrN2O2S2/c1-8(10-4-3-5-11(13)6-10)15-19(16,17)12-7-14-9(2)18-12/h3-8,15H,1-2H3. The van der Waals surface area contributed by atoms with E-state index in [1.54, 1.807) is 6.92 Å². The fourth-order valence-corrected chi connectivity index (χ4v) is 4.37. The van der Waals surface area contributed by atoms with Gasteiger partial charge in [-0.05, 0) is 31.5 Å². The van der Waals surface area contributed by atoms with Crippen LogP contribution in [-0.2, 0) is 10.0 Å². The molecule has 0 saturated heterocycles. The molecule has 1 atom stereocenters. The predicted molar refractivity (Wildman–Crippen MR) is 79.7 cm³/mol. The third-order valence-electron chi connectivity index (χ3n) is 2.55. The summed E-state index contributed by atoms with van der Waals surface area (Å²) in [7, 11) is -3.51. The Bertz CT molecular complexity index is 683. The number of aromatic nitrogens is 1. The lowest BCUT2D eigenvalue weighted by Gasteiger charge is -2.13. The summed E-state index contributed by atoms with van der Waals surface area (Å²) in [6.45, 7) is 3.59. The van der Waals surface area contributed by atoms with Crippen LogP contribution in [0, 0.1) is 6.92 Å². The summed E-state index contributed by atoms with van der Waals surface area (Å²) in [4.78, 5) is 3.97. The van der Waals surface area contributed by atoms with Crippen molar-refractivity contribution in [2.24, 2.45) is 0 Å². The molecule has 19 heavy (non-hydrogen) atoms. The molecule has 0 bridgehead atoms. The molecule has 1 aromatic carbocycles. The molecule has 1 unspecified atom stereocenters. The van der Waals surface area contributed by atoms with Crippen LogP contribution in [0.5, 0.6) is 0 Å². The minimum absolute atomic E-state index is 0.242. The lowest BCUT2D eigenvalue weighted by molar-refractivity contribution is 0.569. The van der Waals surface area contributed by atoms with Gasteiger partial charge in [0.15, 0.2) is 4.21 Å². The monoisotopic (exact) mass is 360 g/mol. The number of nitrogens with zero attached hydrogens (tertiary/aromatic N) is 1. The van der Waals surface area contributed by atoms with Gasteiger partial charge in [-0.1, -0.05) is 28.1 Å². The largest absolute Gasteiger partial charge is 0.252 e. The molecule has 0 radical (unpaired) electrons. The van der Waals surface area contributed by atoms with Crippen LogP contribution >= 0.6 is 27.3 Å². The molecule has 102 valence electrons. The first-order valence-electron chi connectivity index (χ1n) is 5.59. The average Bonchev–Trinajstić information content (AvgIpc) is 2.76. The zero-order valence-corrected chi connectivity index (χ0v) is 13.6. The molecule has 7 heteroatoms. The van der Waals surface area contributed by atoms with Gasteiger partial charge in [0, 0.05) is 10.5 Å². The van der Waals surface area contributed by atoms with E-state index < -0.39 is 10.0 Å². The fourth-order valence-electron chi connectivity index (χ4n) is 1.60. The molecule has 0 fully saturated rings. The van der Waals surface area contributed by atoms with Crippen LogP contribution in [0.3, 0.4) is 0 Å². The summed E-state index contributed by atoms with van der Waals surface area (Å²) in [5.41, 5.74) is 0.902. The maximum absolute atomic E-state index is 12.2. The van der Waals surface area contributed by atoms with Gasteiger partial charge >= 0.3 is 0 Å². The van der Waals surface area contributed by atoms with Crippen molar-refractivity contribution >= 4 is 37.3 Å². The lowest BCUT2D eigenvalue weighted by atomic mass is 10.1. The zero-order valence-electron chi connectivity index (χ0n) is 10.4. The number of sulfonamides is 1. The number of aryl methyl sites for hydroxylation is 1. The molecule has 0 aliphatic heterocycles. The second kappa shape index (κ2) is 5.70. The summed E-state index contributed by atoms with van der Waals surface area (Å²) in [6.07, 6.45) is 1.38. The van der Waals surface area contributed by atoms with Crippen molar-refractivity contribution in [2.45, 2.75) is 24.1 Å². The average molecular weight is 361 g/mol. The van der Waals surface area contributed by atoms with Gasteiger partial charge < -0.3 is 0 Å². The Kier molecular flexibility index (Phi) is 4.39. The van der Waals surface area contributed by atoms with E-state index in [-0.39, 0.29) is 10.3 Å². The summed E-state index contributed by atoms with van der Waals surface area (Å²) >= 11 is 4.54. The number of benzene rings is 1. The Balaban J connectivity index is 2.21. The minimum atomic E-state index is -3.51. The van der Waals surface area contributed by atoms with Crippen LogP contribution in [0.2, 0.25) is 0 Å². The lowest BCUT2D eigenvalue weighted by Crippen LogP contribution is -2.26. The van der Waals surface area contributed by atoms with E-state index in [1.165, 1.54) is 6.20 Å². The van der Waals surface area contributed by atoms with Crippen LogP contribution < -0.4 is 4.72 Å². The highest BCUT2D eigenvalue weighted by atomic mass is 79.9. The molecular formula is C12H13BrN2O2S2. The maximum Gasteiger partial charge on any atom is 0.252 e. The predicted octanol–water partition coefficient (Wildman–Crippen LogP) is 3.25. The number of nitrogens with one attached hydrogen (secondary N) is 1. The van der Waals surface area contributed by atoms with Crippen molar-refractivity contribution in [1.82, 2.24) is 9.71 Å². The highest BCUT2D eigenvalue weighted by Crippen LogP contribution is 2.22. The minimum Gasteiger partial charge on any atom is -0.249 e. The molecule has 0 aliphatic rings. The molecule has 0 spiro atoms. The van der Waals surface area contributed by atoms with E-state index in [4.69, 9.17) is 0 Å². The summed E-state index contributed by atoms with van der Waals surface area (Å²) < 4.78 is 28.1. The molecule has 4 nitrogen and oxygen atoms in total. The van der Waals surface area contributed by atoms with Gasteiger partial charge in [0.1, 0.15) is 0 Å². The van der Waals surface area contributed by atoms with Gasteiger partial charge in [0.05, 0.1) is 11.2 Å². The Morgan fingerprint density at radius 2 is 2.16 bits per heavy atom. The maximum atomic E-state index is 12.2. The van der Waals surface area contributed by atoms with Crippen molar-refractivity contribution in [3.8, 4) is 0 Å². The molecule has 1 N–H and O–H groups in total. The van der Waals surface area contributed by atoms with Crippen molar-refractivity contribution in [3.05, 3.63) is 45.5 Å². The molecule has 2 aromatic rings. The second-order valence-corrected chi connectivity index (χ2v) is 8.19. The zero-order chi connectivity index (χ0) is 14.0. The molecule has 0 aliphatic carbocycles. The molecule has 0 amide bonds. The first-order valence-corrected chi connectivity index (χ1v) is 8.68. The third-order valence-corrected chi connectivity index (χ3v) is 5.95. The molecule has 1 heterocycles. The number of rotatable bonds is 4. The normalized spacial score (nSPS) is 13.4. The number of hydrogen-bond donors (Lipinski definition) is 1. The van der Waals surface area contributed by atoms with Crippen LogP contribution in [-0.4, -0.2) is 13.4 Å². The van der Waals surface area contributed by atoms with Gasteiger partial charge in [0.25, 0.3) is 10.0 Å². The van der Waals surface area contributed by atoms with Gasteiger partial charge in [-0.3, -0.25) is 0 Å². The fraction of sp³-hybridized carbons (Fsp3) is 0.250. The quantitative estimate of drug-likeness (QED) is 0.910. The van der Waals surface area contributed by atoms with Crippen LogP contribution in [0.1, 0.15) is 23.5 Å². The van der Waals surface area contributed by atoms with Gasteiger partial charge in [-0.25, -0.2) is 18.1 Å². The number of hydrogen-bond acceptors (Lipinski definition) is 4. The van der Waals surface area contributed by atoms with E-state index >= 15 is 0 Å². The first-order chi connectivity index (χ1) is 8.88. The smallest absolute Gasteiger partial charge is 0.249 e. The molecule has 1 aromatic heterocycles. The number of thiazole rings is 1. The Morgan fingerprint density at radius 1 is 1.42 bits per heavy atom. The second-order valence-electron chi connectivity index (χ2n) is 4.10. The van der Waals surface area contributed by atoms with Crippen molar-refractivity contribution in [2.75, 3.05) is 0 Å². The first kappa shape index (κ1) is 14.6. The van der Waals surface area contributed by atoms with Gasteiger partial charge in [-0.15, -0.1) is 11.3 Å². The SMILES string of the molecule is Cc1ncc(S(=O)(=O)NC(C)c2cccc(Br)c2)s1. The third kappa shape index (κ3) is 3.62. The Hall–Kier alpha value is -0.760. The molecule has 2 rings (SSSR count). The van der Waals surface area contributed by atoms with E-state index in [2.05, 4.69) is 25.6 Å². The van der Waals surface area contributed by atoms with Crippen molar-refractivity contribution in [1.29, 1.82) is 0 Å². The molecule has 0 saturated carbocycles. The van der Waals surface area contributed by atoms with Crippen molar-refractivity contribution in [3.63, 3.8) is 0 Å². The topological polar surface area (TPSA) is 59.1 Å². The van der Waals surface area contributed by atoms with Crippen molar-refractivity contribution < 1.29 is 8.42 Å². The molecular weight excluding hydrogens is 348 g/mol. The van der Waals surface area contributed by atoms with E-state index in [9.17, 15) is 8.42 Å². The summed E-state index contributed by atoms with van der Waals surface area (Å²) in [6, 6.07) is 7.25. The van der Waals surface area contributed by atoms with Gasteiger partial charge in [0.2, 0.25) is 0 Å².